The van der Waals surface area contributed by atoms with Gasteiger partial charge in [0, 0.05) is 25.1 Å². The van der Waals surface area contributed by atoms with E-state index in [1.807, 2.05) is 35.4 Å². The molecule has 0 saturated carbocycles. The minimum absolute atomic E-state index is 0.958. The van der Waals surface area contributed by atoms with Gasteiger partial charge in [0.1, 0.15) is 0 Å². The van der Waals surface area contributed by atoms with Gasteiger partial charge in [0.25, 0.3) is 0 Å². The fraction of sp³-hybridized carbons (Fsp3) is 0.0714. The van der Waals surface area contributed by atoms with Crippen LogP contribution in [0.25, 0.3) is 6.08 Å². The highest BCUT2D eigenvalue weighted by molar-refractivity contribution is 5.44. The van der Waals surface area contributed by atoms with Gasteiger partial charge in [0.2, 0.25) is 0 Å². The molecule has 1 aliphatic heterocycles. The summed E-state index contributed by atoms with van der Waals surface area (Å²) in [7, 11) is 0. The lowest BCUT2D eigenvalue weighted by atomic mass is 10.3. The molecule has 2 rings (SSSR count). The zero-order valence-electron chi connectivity index (χ0n) is 9.29. The molecule has 2 nitrogen and oxygen atoms in total. The summed E-state index contributed by atoms with van der Waals surface area (Å²) in [5.41, 5.74) is 1.11. The third-order valence-corrected chi connectivity index (χ3v) is 2.02. The Bertz CT molecular complexity index is 377. The lowest BCUT2D eigenvalue weighted by Gasteiger charge is -2.13. The van der Waals surface area contributed by atoms with Crippen LogP contribution in [0.1, 0.15) is 5.56 Å². The topological polar surface area (TPSA) is 16.1 Å². The average Bonchev–Trinajstić information content (AvgIpc) is 2.41. The smallest absolute Gasteiger partial charge is 0.0403 e. The summed E-state index contributed by atoms with van der Waals surface area (Å²) in [6.45, 7) is 8.19. The van der Waals surface area contributed by atoms with Crippen LogP contribution < -0.4 is 0 Å². The number of aromatic nitrogens is 1. The molecular weight excluding hydrogens is 196 g/mol. The molecule has 0 radical (unpaired) electrons. The van der Waals surface area contributed by atoms with Crippen molar-refractivity contribution in [3.8, 4) is 0 Å². The van der Waals surface area contributed by atoms with Crippen LogP contribution in [-0.2, 0) is 0 Å². The van der Waals surface area contributed by atoms with Gasteiger partial charge in [-0.15, -0.1) is 0 Å². The van der Waals surface area contributed by atoms with E-state index in [0.717, 1.165) is 12.1 Å². The third-order valence-electron chi connectivity index (χ3n) is 2.02. The van der Waals surface area contributed by atoms with Crippen molar-refractivity contribution in [2.45, 2.75) is 0 Å². The minimum atomic E-state index is 0.958. The molecule has 0 atom stereocenters. The number of nitrogens with zero attached hydrogens (tertiary/aromatic N) is 2. The minimum Gasteiger partial charge on any atom is -0.351 e. The van der Waals surface area contributed by atoms with E-state index in [1.165, 1.54) is 0 Å². The van der Waals surface area contributed by atoms with Gasteiger partial charge < -0.3 is 4.90 Å². The van der Waals surface area contributed by atoms with E-state index in [1.54, 1.807) is 24.7 Å². The highest BCUT2D eigenvalue weighted by Gasteiger charge is 1.89. The first-order valence-corrected chi connectivity index (χ1v) is 5.11. The molecule has 0 unspecified atom stereocenters. The first kappa shape index (κ1) is 12.0. The molecule has 1 aromatic rings. The molecule has 2 heterocycles. The van der Waals surface area contributed by atoms with Gasteiger partial charge in [-0.25, -0.2) is 0 Å². The van der Waals surface area contributed by atoms with E-state index in [2.05, 4.69) is 24.2 Å². The van der Waals surface area contributed by atoms with Crippen molar-refractivity contribution in [2.24, 2.45) is 0 Å². The molecule has 0 bridgehead atoms. The van der Waals surface area contributed by atoms with E-state index in [-0.39, 0.29) is 0 Å². The standard InChI is InChI=1S/C7H7N.C7H9N/c1-2-7-3-5-8-6-4-7;1-2-8-6-4-3-5-7-8/h2-6H,1H2;2-6H,1,7H2. The molecule has 0 spiro atoms. The number of allylic oxidation sites excluding steroid dienone is 2. The van der Waals surface area contributed by atoms with E-state index in [4.69, 9.17) is 0 Å². The maximum absolute atomic E-state index is 3.85. The van der Waals surface area contributed by atoms with Crippen LogP contribution in [-0.4, -0.2) is 16.4 Å². The monoisotopic (exact) mass is 212 g/mol. The Morgan fingerprint density at radius 1 is 1.19 bits per heavy atom. The van der Waals surface area contributed by atoms with Crippen LogP contribution in [0.4, 0.5) is 0 Å². The Morgan fingerprint density at radius 2 is 1.94 bits per heavy atom. The number of pyridine rings is 1. The molecular formula is C14H16N2. The normalized spacial score (nSPS) is 12.6. The third kappa shape index (κ3) is 4.42. The lowest BCUT2D eigenvalue weighted by Crippen LogP contribution is -2.09. The molecule has 82 valence electrons. The van der Waals surface area contributed by atoms with Crippen LogP contribution in [0.5, 0.6) is 0 Å². The van der Waals surface area contributed by atoms with Crippen LogP contribution >= 0.6 is 0 Å². The molecule has 0 aromatic carbocycles. The van der Waals surface area contributed by atoms with E-state index in [9.17, 15) is 0 Å². The summed E-state index contributed by atoms with van der Waals surface area (Å²) in [6.07, 6.45) is 15.2. The Hall–Kier alpha value is -2.09. The van der Waals surface area contributed by atoms with Crippen molar-refractivity contribution in [1.29, 1.82) is 0 Å². The first-order chi connectivity index (χ1) is 7.86. The van der Waals surface area contributed by atoms with Gasteiger partial charge in [-0.2, -0.15) is 0 Å². The van der Waals surface area contributed by atoms with Gasteiger partial charge in [0.15, 0.2) is 0 Å². The largest absolute Gasteiger partial charge is 0.351 e. The molecule has 1 aliphatic rings. The molecule has 0 aliphatic carbocycles. The number of hydrogen-bond acceptors (Lipinski definition) is 2. The van der Waals surface area contributed by atoms with E-state index >= 15 is 0 Å². The Kier molecular flexibility index (Phi) is 5.42. The van der Waals surface area contributed by atoms with Crippen LogP contribution in [0, 0.1) is 0 Å². The second kappa shape index (κ2) is 7.23. The molecule has 2 heteroatoms. The quantitative estimate of drug-likeness (QED) is 0.748. The van der Waals surface area contributed by atoms with Crippen molar-refractivity contribution in [2.75, 3.05) is 6.54 Å². The van der Waals surface area contributed by atoms with Gasteiger partial charge in [-0.3, -0.25) is 4.98 Å². The first-order valence-electron chi connectivity index (χ1n) is 5.11. The fourth-order valence-corrected chi connectivity index (χ4v) is 1.12. The summed E-state index contributed by atoms with van der Waals surface area (Å²) in [6, 6.07) is 3.82. The second-order valence-electron chi connectivity index (χ2n) is 3.13. The van der Waals surface area contributed by atoms with E-state index in [0.29, 0.717) is 0 Å². The van der Waals surface area contributed by atoms with Crippen molar-refractivity contribution < 1.29 is 0 Å². The summed E-state index contributed by atoms with van der Waals surface area (Å²) in [5, 5.41) is 0. The Balaban J connectivity index is 0.000000160. The predicted octanol–water partition coefficient (Wildman–Crippen LogP) is 3.24. The zero-order chi connectivity index (χ0) is 11.6. The summed E-state index contributed by atoms with van der Waals surface area (Å²) in [5.74, 6) is 0. The second-order valence-corrected chi connectivity index (χ2v) is 3.13. The highest BCUT2D eigenvalue weighted by Crippen LogP contribution is 1.96. The molecule has 0 fully saturated rings. The molecule has 0 amide bonds. The van der Waals surface area contributed by atoms with E-state index < -0.39 is 0 Å². The Morgan fingerprint density at radius 3 is 2.31 bits per heavy atom. The summed E-state index contributed by atoms with van der Waals surface area (Å²) >= 11 is 0. The average molecular weight is 212 g/mol. The van der Waals surface area contributed by atoms with Gasteiger partial charge in [-0.05, 0) is 30.0 Å². The summed E-state index contributed by atoms with van der Waals surface area (Å²) in [4.78, 5) is 5.86. The molecule has 0 N–H and O–H groups in total. The highest BCUT2D eigenvalue weighted by atomic mass is 15.1. The van der Waals surface area contributed by atoms with Crippen molar-refractivity contribution in [3.63, 3.8) is 0 Å². The molecule has 1 aromatic heterocycles. The van der Waals surface area contributed by atoms with Crippen LogP contribution in [0.3, 0.4) is 0 Å². The number of hydrogen-bond donors (Lipinski definition) is 0. The van der Waals surface area contributed by atoms with Crippen LogP contribution in [0.2, 0.25) is 0 Å². The molecule has 16 heavy (non-hydrogen) atoms. The fourth-order valence-electron chi connectivity index (χ4n) is 1.12. The maximum Gasteiger partial charge on any atom is 0.0403 e. The summed E-state index contributed by atoms with van der Waals surface area (Å²) < 4.78 is 0. The SMILES string of the molecule is C=CN1C=CC=CC1.C=Cc1ccncc1. The predicted molar refractivity (Wildman–Crippen MR) is 69.5 cm³/mol. The maximum atomic E-state index is 3.85. The van der Waals surface area contributed by atoms with Gasteiger partial charge >= 0.3 is 0 Å². The van der Waals surface area contributed by atoms with Gasteiger partial charge in [-0.1, -0.05) is 31.4 Å². The number of rotatable bonds is 2. The van der Waals surface area contributed by atoms with Crippen molar-refractivity contribution in [3.05, 3.63) is 73.9 Å². The molecule has 0 saturated heterocycles. The zero-order valence-corrected chi connectivity index (χ0v) is 9.29. The van der Waals surface area contributed by atoms with Crippen molar-refractivity contribution >= 4 is 6.08 Å². The lowest BCUT2D eigenvalue weighted by molar-refractivity contribution is 0.562. The Labute approximate surface area is 96.9 Å². The van der Waals surface area contributed by atoms with Gasteiger partial charge in [0.05, 0.1) is 0 Å². The van der Waals surface area contributed by atoms with Crippen molar-refractivity contribution in [1.82, 2.24) is 9.88 Å². The van der Waals surface area contributed by atoms with Crippen LogP contribution in [0.15, 0.2) is 68.3 Å².